The highest BCUT2D eigenvalue weighted by Crippen LogP contribution is 2.23. The van der Waals surface area contributed by atoms with Gasteiger partial charge in [0.05, 0.1) is 5.60 Å². The summed E-state index contributed by atoms with van der Waals surface area (Å²) < 4.78 is 32.3. The van der Waals surface area contributed by atoms with Gasteiger partial charge in [-0.05, 0) is 31.9 Å². The molecule has 0 aromatic heterocycles. The third-order valence-electron chi connectivity index (χ3n) is 3.44. The van der Waals surface area contributed by atoms with Crippen LogP contribution in [0.4, 0.5) is 8.78 Å². The van der Waals surface area contributed by atoms with Gasteiger partial charge in [-0.3, -0.25) is 0 Å². The number of methoxy groups -OCH3 is 1. The molecule has 2 N–H and O–H groups in total. The van der Waals surface area contributed by atoms with E-state index >= 15 is 0 Å². The first-order valence-corrected chi connectivity index (χ1v) is 5.68. The number of rotatable bonds is 5. The average Bonchev–Trinajstić information content (AvgIpc) is 2.32. The second-order valence-electron chi connectivity index (χ2n) is 4.38. The van der Waals surface area contributed by atoms with Crippen LogP contribution in [0, 0.1) is 11.6 Å². The minimum Gasteiger partial charge on any atom is -0.377 e. The third-order valence-corrected chi connectivity index (χ3v) is 3.44. The highest BCUT2D eigenvalue weighted by atomic mass is 19.1. The fourth-order valence-electron chi connectivity index (χ4n) is 1.72. The van der Waals surface area contributed by atoms with Crippen LogP contribution in [-0.2, 0) is 11.2 Å². The molecule has 2 nitrogen and oxygen atoms in total. The smallest absolute Gasteiger partial charge is 0.129 e. The summed E-state index contributed by atoms with van der Waals surface area (Å²) in [5.41, 5.74) is 5.43. The molecule has 0 radical (unpaired) electrons. The summed E-state index contributed by atoms with van der Waals surface area (Å²) in [6.45, 7) is 3.78. The van der Waals surface area contributed by atoms with E-state index in [1.165, 1.54) is 18.2 Å². The van der Waals surface area contributed by atoms with Gasteiger partial charge in [-0.25, -0.2) is 8.78 Å². The highest BCUT2D eigenvalue weighted by Gasteiger charge is 2.31. The lowest BCUT2D eigenvalue weighted by Crippen LogP contribution is -2.48. The molecule has 1 aromatic carbocycles. The summed E-state index contributed by atoms with van der Waals surface area (Å²) >= 11 is 0. The molecule has 0 amide bonds. The second kappa shape index (κ2) is 5.56. The van der Waals surface area contributed by atoms with Crippen molar-refractivity contribution in [1.82, 2.24) is 0 Å². The van der Waals surface area contributed by atoms with Crippen molar-refractivity contribution in [2.75, 3.05) is 7.11 Å². The molecule has 0 aliphatic rings. The molecular formula is C13H19F2NO. The van der Waals surface area contributed by atoms with Crippen LogP contribution in [-0.4, -0.2) is 18.8 Å². The van der Waals surface area contributed by atoms with Crippen LogP contribution < -0.4 is 5.73 Å². The van der Waals surface area contributed by atoms with Gasteiger partial charge in [-0.1, -0.05) is 13.0 Å². The molecule has 0 heterocycles. The molecular weight excluding hydrogens is 224 g/mol. The van der Waals surface area contributed by atoms with E-state index in [9.17, 15) is 8.78 Å². The molecule has 96 valence electrons. The molecule has 0 spiro atoms. The predicted molar refractivity (Wildman–Crippen MR) is 63.7 cm³/mol. The van der Waals surface area contributed by atoms with Crippen LogP contribution >= 0.6 is 0 Å². The molecule has 2 unspecified atom stereocenters. The van der Waals surface area contributed by atoms with Gasteiger partial charge >= 0.3 is 0 Å². The van der Waals surface area contributed by atoms with Gasteiger partial charge < -0.3 is 10.5 Å². The zero-order valence-electron chi connectivity index (χ0n) is 10.5. The summed E-state index contributed by atoms with van der Waals surface area (Å²) in [6, 6.07) is 3.36. The summed E-state index contributed by atoms with van der Waals surface area (Å²) in [7, 11) is 1.56. The van der Waals surface area contributed by atoms with Crippen molar-refractivity contribution in [3.8, 4) is 0 Å². The Hall–Kier alpha value is -1.00. The van der Waals surface area contributed by atoms with Crippen molar-refractivity contribution in [3.63, 3.8) is 0 Å². The molecule has 4 heteroatoms. The summed E-state index contributed by atoms with van der Waals surface area (Å²) in [5.74, 6) is -1.12. The molecule has 0 saturated heterocycles. The van der Waals surface area contributed by atoms with E-state index in [0.717, 1.165) is 0 Å². The van der Waals surface area contributed by atoms with Gasteiger partial charge in [0.15, 0.2) is 0 Å². The van der Waals surface area contributed by atoms with Crippen LogP contribution in [0.25, 0.3) is 0 Å². The molecule has 0 fully saturated rings. The van der Waals surface area contributed by atoms with E-state index in [0.29, 0.717) is 6.42 Å². The van der Waals surface area contributed by atoms with Crippen LogP contribution in [0.5, 0.6) is 0 Å². The molecule has 0 aliphatic carbocycles. The molecule has 0 bridgehead atoms. The number of benzene rings is 1. The second-order valence-corrected chi connectivity index (χ2v) is 4.38. The maximum absolute atomic E-state index is 13.5. The fraction of sp³-hybridized carbons (Fsp3) is 0.538. The Balaban J connectivity index is 2.91. The lowest BCUT2D eigenvalue weighted by Gasteiger charge is -2.33. The molecule has 1 aromatic rings. The first kappa shape index (κ1) is 14.1. The van der Waals surface area contributed by atoms with E-state index in [1.54, 1.807) is 7.11 Å². The van der Waals surface area contributed by atoms with Crippen molar-refractivity contribution in [1.29, 1.82) is 0 Å². The van der Waals surface area contributed by atoms with Crippen molar-refractivity contribution in [2.24, 2.45) is 5.73 Å². The average molecular weight is 243 g/mol. The molecule has 2 atom stereocenters. The van der Waals surface area contributed by atoms with Crippen molar-refractivity contribution in [2.45, 2.75) is 38.3 Å². The standard InChI is InChI=1S/C13H19F2NO/c1-4-13(2,17-3)12(16)8-9-10(14)6-5-7-11(9)15/h5-7,12H,4,8,16H2,1-3H3. The Morgan fingerprint density at radius 2 is 1.88 bits per heavy atom. The van der Waals surface area contributed by atoms with Gasteiger partial charge in [0.2, 0.25) is 0 Å². The van der Waals surface area contributed by atoms with Gasteiger partial charge in [-0.2, -0.15) is 0 Å². The number of nitrogens with two attached hydrogens (primary N) is 1. The Morgan fingerprint density at radius 3 is 2.29 bits per heavy atom. The maximum atomic E-state index is 13.5. The lowest BCUT2D eigenvalue weighted by atomic mass is 9.89. The van der Waals surface area contributed by atoms with E-state index in [1.807, 2.05) is 13.8 Å². The Kier molecular flexibility index (Phi) is 4.60. The zero-order valence-corrected chi connectivity index (χ0v) is 10.5. The largest absolute Gasteiger partial charge is 0.377 e. The predicted octanol–water partition coefficient (Wildman–Crippen LogP) is 2.65. The van der Waals surface area contributed by atoms with Gasteiger partial charge in [0.25, 0.3) is 0 Å². The zero-order chi connectivity index (χ0) is 13.1. The first-order chi connectivity index (χ1) is 7.94. The quantitative estimate of drug-likeness (QED) is 0.862. The normalized spacial score (nSPS) is 16.6. The minimum absolute atomic E-state index is 0.0247. The number of hydrogen-bond acceptors (Lipinski definition) is 2. The SMILES string of the molecule is CCC(C)(OC)C(N)Cc1c(F)cccc1F. The Morgan fingerprint density at radius 1 is 1.35 bits per heavy atom. The fourth-order valence-corrected chi connectivity index (χ4v) is 1.72. The summed E-state index contributed by atoms with van der Waals surface area (Å²) in [5, 5.41) is 0. The Labute approximate surface area is 101 Å². The summed E-state index contributed by atoms with van der Waals surface area (Å²) in [6.07, 6.45) is 0.803. The van der Waals surface area contributed by atoms with Crippen molar-refractivity contribution in [3.05, 3.63) is 35.4 Å². The number of hydrogen-bond donors (Lipinski definition) is 1. The topological polar surface area (TPSA) is 35.2 Å². The molecule has 0 saturated carbocycles. The van der Waals surface area contributed by atoms with E-state index in [4.69, 9.17) is 10.5 Å². The molecule has 17 heavy (non-hydrogen) atoms. The van der Waals surface area contributed by atoms with Gasteiger partial charge in [0.1, 0.15) is 11.6 Å². The van der Waals surface area contributed by atoms with Crippen LogP contribution in [0.3, 0.4) is 0 Å². The summed E-state index contributed by atoms with van der Waals surface area (Å²) in [4.78, 5) is 0. The van der Waals surface area contributed by atoms with Gasteiger partial charge in [-0.15, -0.1) is 0 Å². The monoisotopic (exact) mass is 243 g/mol. The van der Waals surface area contributed by atoms with Crippen molar-refractivity contribution >= 4 is 0 Å². The lowest BCUT2D eigenvalue weighted by molar-refractivity contribution is -0.0187. The number of halogens is 2. The van der Waals surface area contributed by atoms with Crippen LogP contribution in [0.15, 0.2) is 18.2 Å². The highest BCUT2D eigenvalue weighted by molar-refractivity contribution is 5.21. The molecule has 1 rings (SSSR count). The maximum Gasteiger partial charge on any atom is 0.129 e. The van der Waals surface area contributed by atoms with E-state index in [-0.39, 0.29) is 12.0 Å². The minimum atomic E-state index is -0.575. The Bertz CT molecular complexity index is 357. The van der Waals surface area contributed by atoms with Gasteiger partial charge in [0, 0.05) is 18.7 Å². The third kappa shape index (κ3) is 3.01. The van der Waals surface area contributed by atoms with Crippen LogP contribution in [0.1, 0.15) is 25.8 Å². The first-order valence-electron chi connectivity index (χ1n) is 5.68. The van der Waals surface area contributed by atoms with E-state index in [2.05, 4.69) is 0 Å². The molecule has 0 aliphatic heterocycles. The van der Waals surface area contributed by atoms with E-state index < -0.39 is 23.3 Å². The van der Waals surface area contributed by atoms with Crippen molar-refractivity contribution < 1.29 is 13.5 Å². The van der Waals surface area contributed by atoms with Crippen LogP contribution in [0.2, 0.25) is 0 Å². The number of ether oxygens (including phenoxy) is 1.